The van der Waals surface area contributed by atoms with Gasteiger partial charge in [-0.1, -0.05) is 6.92 Å². The number of nitrogens with zero attached hydrogens (tertiary/aromatic N) is 2. The summed E-state index contributed by atoms with van der Waals surface area (Å²) >= 11 is 5.69. The SMILES string of the molecule is CCN(CCCCl)CCN1CCCC1. The van der Waals surface area contributed by atoms with Crippen molar-refractivity contribution in [2.24, 2.45) is 0 Å². The van der Waals surface area contributed by atoms with E-state index in [1.807, 2.05) is 0 Å². The number of halogens is 1. The maximum Gasteiger partial charge on any atom is 0.0235 e. The molecule has 0 aliphatic carbocycles. The van der Waals surface area contributed by atoms with Crippen LogP contribution < -0.4 is 0 Å². The summed E-state index contributed by atoms with van der Waals surface area (Å²) in [5, 5.41) is 0. The van der Waals surface area contributed by atoms with Gasteiger partial charge in [-0.2, -0.15) is 0 Å². The fourth-order valence-electron chi connectivity index (χ4n) is 2.00. The fraction of sp³-hybridized carbons (Fsp3) is 1.00. The van der Waals surface area contributed by atoms with Crippen molar-refractivity contribution in [3.05, 3.63) is 0 Å². The average Bonchev–Trinajstić information content (AvgIpc) is 2.71. The molecule has 0 bridgehead atoms. The van der Waals surface area contributed by atoms with Crippen molar-refractivity contribution in [3.63, 3.8) is 0 Å². The van der Waals surface area contributed by atoms with Gasteiger partial charge in [0.25, 0.3) is 0 Å². The molecule has 0 aromatic carbocycles. The van der Waals surface area contributed by atoms with E-state index in [0.717, 1.165) is 25.4 Å². The predicted molar refractivity (Wildman–Crippen MR) is 63.1 cm³/mol. The fourth-order valence-corrected chi connectivity index (χ4v) is 2.12. The lowest BCUT2D eigenvalue weighted by molar-refractivity contribution is 0.233. The Hall–Kier alpha value is 0.210. The molecule has 1 rings (SSSR count). The molecule has 1 heterocycles. The number of likely N-dealkylation sites (tertiary alicyclic amines) is 1. The highest BCUT2D eigenvalue weighted by Gasteiger charge is 2.12. The van der Waals surface area contributed by atoms with Gasteiger partial charge in [0, 0.05) is 19.0 Å². The zero-order valence-electron chi connectivity index (χ0n) is 9.34. The van der Waals surface area contributed by atoms with Crippen LogP contribution in [0.3, 0.4) is 0 Å². The van der Waals surface area contributed by atoms with E-state index in [1.165, 1.54) is 39.0 Å². The Labute approximate surface area is 93.2 Å². The van der Waals surface area contributed by atoms with Crippen LogP contribution in [0.1, 0.15) is 26.2 Å². The van der Waals surface area contributed by atoms with Gasteiger partial charge < -0.3 is 9.80 Å². The van der Waals surface area contributed by atoms with E-state index in [-0.39, 0.29) is 0 Å². The number of alkyl halides is 1. The van der Waals surface area contributed by atoms with E-state index < -0.39 is 0 Å². The van der Waals surface area contributed by atoms with Crippen LogP contribution in [0, 0.1) is 0 Å². The minimum absolute atomic E-state index is 0.792. The zero-order chi connectivity index (χ0) is 10.2. The maximum absolute atomic E-state index is 5.69. The minimum atomic E-state index is 0.792. The molecule has 14 heavy (non-hydrogen) atoms. The van der Waals surface area contributed by atoms with Crippen molar-refractivity contribution in [1.82, 2.24) is 9.80 Å². The molecule has 0 aromatic heterocycles. The van der Waals surface area contributed by atoms with Gasteiger partial charge in [0.1, 0.15) is 0 Å². The molecule has 2 nitrogen and oxygen atoms in total. The standard InChI is InChI=1S/C11H23ClN2/c1-2-13(9-5-6-12)10-11-14-7-3-4-8-14/h2-11H2,1H3. The maximum atomic E-state index is 5.69. The molecule has 0 amide bonds. The first-order chi connectivity index (χ1) is 6.86. The van der Waals surface area contributed by atoms with Crippen LogP contribution >= 0.6 is 11.6 Å². The topological polar surface area (TPSA) is 6.48 Å². The van der Waals surface area contributed by atoms with Crippen LogP contribution in [0.2, 0.25) is 0 Å². The second-order valence-electron chi connectivity index (χ2n) is 4.03. The monoisotopic (exact) mass is 218 g/mol. The average molecular weight is 219 g/mol. The highest BCUT2D eigenvalue weighted by Crippen LogP contribution is 2.06. The van der Waals surface area contributed by atoms with Gasteiger partial charge >= 0.3 is 0 Å². The molecule has 1 aliphatic rings. The summed E-state index contributed by atoms with van der Waals surface area (Å²) in [6, 6.07) is 0. The highest BCUT2D eigenvalue weighted by atomic mass is 35.5. The van der Waals surface area contributed by atoms with Crippen molar-refractivity contribution in [2.45, 2.75) is 26.2 Å². The Morgan fingerprint density at radius 1 is 1.21 bits per heavy atom. The summed E-state index contributed by atoms with van der Waals surface area (Å²) in [7, 11) is 0. The van der Waals surface area contributed by atoms with Crippen LogP contribution in [-0.2, 0) is 0 Å². The lowest BCUT2D eigenvalue weighted by atomic mass is 10.4. The molecule has 0 atom stereocenters. The molecule has 1 saturated heterocycles. The second-order valence-corrected chi connectivity index (χ2v) is 4.40. The number of rotatable bonds is 7. The van der Waals surface area contributed by atoms with Crippen LogP contribution in [0.5, 0.6) is 0 Å². The van der Waals surface area contributed by atoms with Gasteiger partial charge in [0.2, 0.25) is 0 Å². The Kier molecular flexibility index (Phi) is 6.57. The van der Waals surface area contributed by atoms with Gasteiger partial charge in [-0.15, -0.1) is 11.6 Å². The lowest BCUT2D eigenvalue weighted by Crippen LogP contribution is -2.34. The molecule has 1 aliphatic heterocycles. The van der Waals surface area contributed by atoms with Gasteiger partial charge in [-0.25, -0.2) is 0 Å². The first-order valence-electron chi connectivity index (χ1n) is 5.87. The summed E-state index contributed by atoms with van der Waals surface area (Å²) in [6.45, 7) is 9.64. The summed E-state index contributed by atoms with van der Waals surface area (Å²) in [5.74, 6) is 0.792. The summed E-state index contributed by atoms with van der Waals surface area (Å²) in [5.41, 5.74) is 0. The van der Waals surface area contributed by atoms with Crippen LogP contribution in [0.15, 0.2) is 0 Å². The van der Waals surface area contributed by atoms with E-state index in [9.17, 15) is 0 Å². The second kappa shape index (κ2) is 7.49. The van der Waals surface area contributed by atoms with E-state index >= 15 is 0 Å². The number of hydrogen-bond donors (Lipinski definition) is 0. The first-order valence-corrected chi connectivity index (χ1v) is 6.41. The van der Waals surface area contributed by atoms with E-state index in [4.69, 9.17) is 11.6 Å². The smallest absolute Gasteiger partial charge is 0.0235 e. The quantitative estimate of drug-likeness (QED) is 0.604. The predicted octanol–water partition coefficient (Wildman–Crippen LogP) is 2.03. The lowest BCUT2D eigenvalue weighted by Gasteiger charge is -2.23. The van der Waals surface area contributed by atoms with Crippen molar-refractivity contribution >= 4 is 11.6 Å². The molecule has 0 radical (unpaired) electrons. The molecule has 0 N–H and O–H groups in total. The van der Waals surface area contributed by atoms with Gasteiger partial charge in [0.15, 0.2) is 0 Å². The number of hydrogen-bond acceptors (Lipinski definition) is 2. The molecular formula is C11H23ClN2. The van der Waals surface area contributed by atoms with Gasteiger partial charge in [-0.3, -0.25) is 0 Å². The van der Waals surface area contributed by atoms with Gasteiger partial charge in [-0.05, 0) is 45.4 Å². The molecule has 0 unspecified atom stereocenters. The summed E-state index contributed by atoms with van der Waals surface area (Å²) in [6.07, 6.45) is 3.91. The van der Waals surface area contributed by atoms with E-state index in [0.29, 0.717) is 0 Å². The third-order valence-corrected chi connectivity index (χ3v) is 3.25. The normalized spacial score (nSPS) is 18.2. The van der Waals surface area contributed by atoms with Crippen molar-refractivity contribution in [1.29, 1.82) is 0 Å². The molecule has 84 valence electrons. The Balaban J connectivity index is 2.06. The molecule has 0 aromatic rings. The van der Waals surface area contributed by atoms with E-state index in [1.54, 1.807) is 0 Å². The van der Waals surface area contributed by atoms with Crippen LogP contribution in [0.25, 0.3) is 0 Å². The molecule has 3 heteroatoms. The largest absolute Gasteiger partial charge is 0.302 e. The van der Waals surface area contributed by atoms with E-state index in [2.05, 4.69) is 16.7 Å². The molecule has 1 fully saturated rings. The minimum Gasteiger partial charge on any atom is -0.302 e. The molecule has 0 spiro atoms. The van der Waals surface area contributed by atoms with Crippen molar-refractivity contribution in [3.8, 4) is 0 Å². The molecule has 0 saturated carbocycles. The number of likely N-dealkylation sites (N-methyl/N-ethyl adjacent to an activating group) is 1. The highest BCUT2D eigenvalue weighted by molar-refractivity contribution is 6.17. The summed E-state index contributed by atoms with van der Waals surface area (Å²) in [4.78, 5) is 5.07. The Morgan fingerprint density at radius 2 is 1.93 bits per heavy atom. The third-order valence-electron chi connectivity index (χ3n) is 2.99. The Bertz CT molecular complexity index is 135. The van der Waals surface area contributed by atoms with Crippen LogP contribution in [0.4, 0.5) is 0 Å². The summed E-state index contributed by atoms with van der Waals surface area (Å²) < 4.78 is 0. The van der Waals surface area contributed by atoms with Crippen molar-refractivity contribution < 1.29 is 0 Å². The third kappa shape index (κ3) is 4.63. The van der Waals surface area contributed by atoms with Crippen LogP contribution in [-0.4, -0.2) is 54.9 Å². The first kappa shape index (κ1) is 12.3. The van der Waals surface area contributed by atoms with Crippen molar-refractivity contribution in [2.75, 3.05) is 45.1 Å². The van der Waals surface area contributed by atoms with Gasteiger partial charge in [0.05, 0.1) is 0 Å². The zero-order valence-corrected chi connectivity index (χ0v) is 10.1. The Morgan fingerprint density at radius 3 is 2.50 bits per heavy atom. The molecular weight excluding hydrogens is 196 g/mol.